The van der Waals surface area contributed by atoms with Crippen LogP contribution < -0.4 is 40.7 Å². The Hall–Kier alpha value is -7.92. The lowest BCUT2D eigenvalue weighted by Gasteiger charge is -2.14. The first-order valence-electron chi connectivity index (χ1n) is 23.2. The third kappa shape index (κ3) is 12.4. The lowest BCUT2D eigenvalue weighted by Crippen LogP contribution is -2.32. The number of hydrogen-bond donors (Lipinski definition) is 4. The molecular weight excluding hydrogens is 1060 g/mol. The molecule has 0 unspecified atom stereocenters. The van der Waals surface area contributed by atoms with E-state index in [1.165, 1.54) is 72.7 Å². The molecular formula is C52H52Cl2N10O10S2. The summed E-state index contributed by atoms with van der Waals surface area (Å²) in [6.45, 7) is 7.10. The van der Waals surface area contributed by atoms with Crippen LogP contribution in [0.4, 0.5) is 11.4 Å². The fourth-order valence-corrected chi connectivity index (χ4v) is 11.1. The minimum atomic E-state index is -3.98. The van der Waals surface area contributed by atoms with E-state index >= 15 is 0 Å². The zero-order valence-electron chi connectivity index (χ0n) is 42.3. The van der Waals surface area contributed by atoms with Crippen LogP contribution in [0, 0.1) is 25.7 Å². The van der Waals surface area contributed by atoms with Gasteiger partial charge in [0.25, 0.3) is 31.2 Å². The quantitative estimate of drug-likeness (QED) is 0.0744. The highest BCUT2D eigenvalue weighted by atomic mass is 35.5. The van der Waals surface area contributed by atoms with Crippen LogP contribution in [-0.4, -0.2) is 86.0 Å². The van der Waals surface area contributed by atoms with Crippen molar-refractivity contribution in [1.29, 1.82) is 0 Å². The Morgan fingerprint density at radius 3 is 1.29 bits per heavy atom. The molecule has 0 fully saturated rings. The predicted octanol–water partition coefficient (Wildman–Crippen LogP) is 7.22. The zero-order chi connectivity index (χ0) is 55.2. The Morgan fingerprint density at radius 1 is 0.566 bits per heavy atom. The van der Waals surface area contributed by atoms with Gasteiger partial charge in [-0.3, -0.25) is 37.8 Å². The minimum absolute atomic E-state index is 0.0673. The largest absolute Gasteiger partial charge is 0.480 e. The van der Waals surface area contributed by atoms with Gasteiger partial charge in [0.1, 0.15) is 11.4 Å². The van der Waals surface area contributed by atoms with E-state index in [-0.39, 0.29) is 68.9 Å². The first kappa shape index (κ1) is 55.8. The van der Waals surface area contributed by atoms with Gasteiger partial charge in [-0.05, 0) is 109 Å². The van der Waals surface area contributed by atoms with Crippen molar-refractivity contribution in [2.45, 2.75) is 50.6 Å². The molecule has 0 aliphatic heterocycles. The molecule has 4 heterocycles. The van der Waals surface area contributed by atoms with Gasteiger partial charge in [0.2, 0.25) is 23.6 Å². The number of rotatable bonds is 16. The highest BCUT2D eigenvalue weighted by Crippen LogP contribution is 2.34. The van der Waals surface area contributed by atoms with E-state index in [0.717, 1.165) is 0 Å². The second-order valence-electron chi connectivity index (χ2n) is 17.5. The van der Waals surface area contributed by atoms with Gasteiger partial charge in [0.05, 0.1) is 70.3 Å². The number of ether oxygens (including phenoxy) is 2. The summed E-state index contributed by atoms with van der Waals surface area (Å²) in [4.78, 5) is 67.6. The van der Waals surface area contributed by atoms with E-state index in [4.69, 9.17) is 32.7 Å². The SMILES string of the molecule is CNC(=O)[C@@H](C)Cn1cnc2ccc(-c3cnc(OC)c(NS(=O)(=O)c4ccc(Cl)cc4C)c3)cc2c1=O.CNC(=O)[C@H](C)Cn1cnc2ccc(-c3cnc(OC)c(NS(=O)(=O)c4ccc(Cl)cc4C)c3)cc2c1=O. The van der Waals surface area contributed by atoms with Gasteiger partial charge in [0.15, 0.2) is 0 Å². The molecule has 0 spiro atoms. The van der Waals surface area contributed by atoms with E-state index in [0.29, 0.717) is 65.2 Å². The summed E-state index contributed by atoms with van der Waals surface area (Å²) in [5.41, 5.74) is 3.93. The van der Waals surface area contributed by atoms with E-state index < -0.39 is 31.9 Å². The fourth-order valence-electron chi connectivity index (χ4n) is 8.11. The molecule has 2 atom stereocenters. The Balaban J connectivity index is 0.000000221. The second kappa shape index (κ2) is 23.3. The van der Waals surface area contributed by atoms with Gasteiger partial charge in [-0.15, -0.1) is 0 Å². The third-order valence-corrected chi connectivity index (χ3v) is 15.6. The number of amides is 2. The molecule has 4 aromatic carbocycles. The number of aryl methyl sites for hydroxylation is 2. The highest BCUT2D eigenvalue weighted by Gasteiger charge is 2.23. The summed E-state index contributed by atoms with van der Waals surface area (Å²) in [6, 6.07) is 22.4. The summed E-state index contributed by atoms with van der Waals surface area (Å²) in [5.74, 6) is -1.05. The molecule has 0 aliphatic rings. The van der Waals surface area contributed by atoms with Crippen molar-refractivity contribution in [2.75, 3.05) is 37.8 Å². The van der Waals surface area contributed by atoms with Crippen LogP contribution in [0.15, 0.2) is 129 Å². The Kier molecular flexibility index (Phi) is 17.1. The van der Waals surface area contributed by atoms with Crippen LogP contribution in [0.25, 0.3) is 44.1 Å². The maximum Gasteiger partial charge on any atom is 0.262 e. The summed E-state index contributed by atoms with van der Waals surface area (Å²) in [5, 5.41) is 6.70. The number of pyridine rings is 2. The number of sulfonamides is 2. The van der Waals surface area contributed by atoms with Crippen molar-refractivity contribution in [3.8, 4) is 34.0 Å². The van der Waals surface area contributed by atoms with Gasteiger partial charge in [-0.1, -0.05) is 49.2 Å². The van der Waals surface area contributed by atoms with Crippen molar-refractivity contribution >= 4 is 88.2 Å². The molecule has 4 aromatic heterocycles. The van der Waals surface area contributed by atoms with Gasteiger partial charge < -0.3 is 20.1 Å². The van der Waals surface area contributed by atoms with E-state index in [1.54, 1.807) is 102 Å². The number of benzene rings is 4. The smallest absolute Gasteiger partial charge is 0.262 e. The molecule has 0 saturated heterocycles. The van der Waals surface area contributed by atoms with Gasteiger partial charge >= 0.3 is 0 Å². The Labute approximate surface area is 447 Å². The lowest BCUT2D eigenvalue weighted by atomic mass is 10.0. The zero-order valence-corrected chi connectivity index (χ0v) is 45.4. The minimum Gasteiger partial charge on any atom is -0.480 e. The monoisotopic (exact) mass is 1110 g/mol. The summed E-state index contributed by atoms with van der Waals surface area (Å²) in [6.07, 6.45) is 5.89. The molecule has 76 heavy (non-hydrogen) atoms. The molecule has 20 nitrogen and oxygen atoms in total. The van der Waals surface area contributed by atoms with E-state index in [2.05, 4.69) is 40.0 Å². The molecule has 4 N–H and O–H groups in total. The second-order valence-corrected chi connectivity index (χ2v) is 21.7. The lowest BCUT2D eigenvalue weighted by molar-refractivity contribution is -0.125. The average Bonchev–Trinajstić information content (AvgIpc) is 3.39. The molecule has 0 bridgehead atoms. The number of halogens is 2. The average molecular weight is 1110 g/mol. The van der Waals surface area contributed by atoms with Crippen LogP contribution in [0.1, 0.15) is 25.0 Å². The highest BCUT2D eigenvalue weighted by molar-refractivity contribution is 7.93. The third-order valence-electron chi connectivity index (χ3n) is 12.1. The number of hydrogen-bond acceptors (Lipinski definition) is 14. The van der Waals surface area contributed by atoms with Crippen LogP contribution in [0.2, 0.25) is 10.0 Å². The van der Waals surface area contributed by atoms with Gasteiger partial charge in [-0.2, -0.15) is 0 Å². The number of nitrogens with one attached hydrogen (secondary N) is 4. The van der Waals surface area contributed by atoms with Crippen LogP contribution in [0.5, 0.6) is 11.8 Å². The molecule has 8 aromatic rings. The number of aromatic nitrogens is 6. The predicted molar refractivity (Wildman–Crippen MR) is 292 cm³/mol. The van der Waals surface area contributed by atoms with Gasteiger partial charge in [0, 0.05) is 60.8 Å². The Morgan fingerprint density at radius 2 is 0.947 bits per heavy atom. The normalized spacial score (nSPS) is 12.2. The van der Waals surface area contributed by atoms with Crippen molar-refractivity contribution in [3.63, 3.8) is 0 Å². The molecule has 0 aliphatic carbocycles. The first-order valence-corrected chi connectivity index (χ1v) is 26.9. The standard InChI is InChI=1S/2C26H26ClN5O5S/c2*1-15-9-19(27)6-8-23(15)38(35,36)31-22-11-18(12-29-25(22)37-4)17-5-7-21-20(10-17)26(34)32(14-30-21)13-16(2)24(33)28-3/h2*5-12,14,16,31H,13H2,1-4H3,(H,28,33)/t2*16-/m10/s1. The van der Waals surface area contributed by atoms with Crippen LogP contribution in [0.3, 0.4) is 0 Å². The fraction of sp³-hybridized carbons (Fsp3) is 0.231. The van der Waals surface area contributed by atoms with Gasteiger partial charge in [-0.25, -0.2) is 36.8 Å². The first-order chi connectivity index (χ1) is 36.1. The Bertz CT molecular complexity index is 3660. The molecule has 0 saturated carbocycles. The van der Waals surface area contributed by atoms with Crippen LogP contribution >= 0.6 is 23.2 Å². The summed E-state index contributed by atoms with van der Waals surface area (Å²) >= 11 is 12.0. The number of fused-ring (bicyclic) bond motifs is 2. The van der Waals surface area contributed by atoms with E-state index in [1.807, 2.05) is 0 Å². The molecule has 2 amide bonds. The molecule has 0 radical (unpaired) electrons. The summed E-state index contributed by atoms with van der Waals surface area (Å²) < 4.78 is 71.0. The number of methoxy groups -OCH3 is 2. The number of anilines is 2. The van der Waals surface area contributed by atoms with Crippen molar-refractivity contribution in [2.24, 2.45) is 11.8 Å². The molecule has 396 valence electrons. The van der Waals surface area contributed by atoms with Crippen molar-refractivity contribution < 1.29 is 35.9 Å². The molecule has 24 heteroatoms. The number of nitrogens with zero attached hydrogens (tertiary/aromatic N) is 6. The maximum atomic E-state index is 13.2. The number of carbonyl (C=O) groups is 2. The van der Waals surface area contributed by atoms with Crippen molar-refractivity contribution in [1.82, 2.24) is 39.7 Å². The maximum absolute atomic E-state index is 13.2. The van der Waals surface area contributed by atoms with Crippen LogP contribution in [-0.2, 0) is 42.7 Å². The number of carbonyl (C=O) groups excluding carboxylic acids is 2. The topological polar surface area (TPSA) is 265 Å². The molecule has 8 rings (SSSR count). The summed E-state index contributed by atoms with van der Waals surface area (Å²) in [7, 11) is -2.11. The van der Waals surface area contributed by atoms with E-state index in [9.17, 15) is 36.0 Å². The van der Waals surface area contributed by atoms with Crippen molar-refractivity contribution in [3.05, 3.63) is 152 Å².